The molecule has 0 aromatic heterocycles. The van der Waals surface area contributed by atoms with Crippen molar-refractivity contribution in [1.82, 2.24) is 4.90 Å². The minimum Gasteiger partial charge on any atom is -0.326 e. The van der Waals surface area contributed by atoms with E-state index in [0.29, 0.717) is 6.04 Å². The fraction of sp³-hybridized carbons (Fsp3) is 0.857. The molecule has 1 saturated heterocycles. The highest BCUT2D eigenvalue weighted by atomic mass is 15.2. The summed E-state index contributed by atoms with van der Waals surface area (Å²) in [6.07, 6.45) is 4.24. The van der Waals surface area contributed by atoms with Gasteiger partial charge in [0, 0.05) is 18.6 Å². The second-order valence-electron chi connectivity index (χ2n) is 2.94. The Bertz CT molecular complexity index is 149. The van der Waals surface area contributed by atoms with Gasteiger partial charge in [0.05, 0.1) is 0 Å². The van der Waals surface area contributed by atoms with Gasteiger partial charge in [0.2, 0.25) is 0 Å². The van der Waals surface area contributed by atoms with Crippen LogP contribution in [0.4, 0.5) is 0 Å². The van der Waals surface area contributed by atoms with Crippen molar-refractivity contribution < 1.29 is 0 Å². The predicted octanol–water partition coefficient (Wildman–Crippen LogP) is 0.279. The molecule has 0 aromatic carbocycles. The van der Waals surface area contributed by atoms with E-state index in [4.69, 9.17) is 11.0 Å². The van der Waals surface area contributed by atoms with E-state index in [1.54, 1.807) is 4.90 Å². The number of piperidine rings is 1. The summed E-state index contributed by atoms with van der Waals surface area (Å²) in [5.41, 5.74) is 5.67. The Balaban J connectivity index is 2.47. The summed E-state index contributed by atoms with van der Waals surface area (Å²) in [5, 5.41) is 8.60. The molecule has 0 aromatic rings. The standard InChI is InChI=1S/C7H13N3/c1-6-2-3-7(9)4-10(6)5-8/h6-7H,2-4,9H2,1H3. The second-order valence-corrected chi connectivity index (χ2v) is 2.94. The Morgan fingerprint density at radius 3 is 2.80 bits per heavy atom. The number of hydrogen-bond acceptors (Lipinski definition) is 3. The average Bonchev–Trinajstić information content (AvgIpc) is 1.94. The van der Waals surface area contributed by atoms with Crippen LogP contribution in [0.1, 0.15) is 19.8 Å². The molecule has 2 atom stereocenters. The molecule has 0 aliphatic carbocycles. The topological polar surface area (TPSA) is 53.0 Å². The summed E-state index contributed by atoms with van der Waals surface area (Å²) in [4.78, 5) is 1.76. The summed E-state index contributed by atoms with van der Waals surface area (Å²) >= 11 is 0. The molecule has 0 bridgehead atoms. The van der Waals surface area contributed by atoms with Gasteiger partial charge in [0.1, 0.15) is 0 Å². The Labute approximate surface area is 61.4 Å². The fourth-order valence-electron chi connectivity index (χ4n) is 1.27. The number of likely N-dealkylation sites (tertiary alicyclic amines) is 1. The molecule has 1 heterocycles. The first-order valence-corrected chi connectivity index (χ1v) is 3.66. The maximum Gasteiger partial charge on any atom is 0.179 e. The second kappa shape index (κ2) is 2.89. The zero-order valence-corrected chi connectivity index (χ0v) is 6.25. The lowest BCUT2D eigenvalue weighted by Crippen LogP contribution is -2.44. The maximum absolute atomic E-state index is 8.60. The van der Waals surface area contributed by atoms with Crippen LogP contribution in [0.3, 0.4) is 0 Å². The molecule has 0 radical (unpaired) electrons. The van der Waals surface area contributed by atoms with Gasteiger partial charge in [-0.2, -0.15) is 5.26 Å². The molecule has 1 fully saturated rings. The van der Waals surface area contributed by atoms with E-state index in [1.165, 1.54) is 0 Å². The lowest BCUT2D eigenvalue weighted by atomic mass is 10.0. The third-order valence-electron chi connectivity index (χ3n) is 2.05. The van der Waals surface area contributed by atoms with Gasteiger partial charge in [-0.15, -0.1) is 0 Å². The SMILES string of the molecule is CC1CCC(N)CN1C#N. The van der Waals surface area contributed by atoms with Gasteiger partial charge in [0.15, 0.2) is 6.19 Å². The molecule has 0 amide bonds. The first-order chi connectivity index (χ1) is 4.74. The Morgan fingerprint density at radius 1 is 1.60 bits per heavy atom. The molecule has 0 spiro atoms. The number of rotatable bonds is 0. The highest BCUT2D eigenvalue weighted by Crippen LogP contribution is 2.13. The fourth-order valence-corrected chi connectivity index (χ4v) is 1.27. The smallest absolute Gasteiger partial charge is 0.179 e. The van der Waals surface area contributed by atoms with Gasteiger partial charge in [-0.1, -0.05) is 0 Å². The van der Waals surface area contributed by atoms with Crippen LogP contribution >= 0.6 is 0 Å². The minimum absolute atomic E-state index is 0.204. The van der Waals surface area contributed by atoms with E-state index in [0.717, 1.165) is 19.4 Å². The molecule has 3 nitrogen and oxygen atoms in total. The summed E-state index contributed by atoms with van der Waals surface area (Å²) in [7, 11) is 0. The van der Waals surface area contributed by atoms with Gasteiger partial charge in [-0.25, -0.2) is 0 Å². The lowest BCUT2D eigenvalue weighted by Gasteiger charge is -2.31. The van der Waals surface area contributed by atoms with Crippen LogP contribution in [-0.2, 0) is 0 Å². The van der Waals surface area contributed by atoms with Crippen molar-refractivity contribution in [3.8, 4) is 6.19 Å². The summed E-state index contributed by atoms with van der Waals surface area (Å²) in [5.74, 6) is 0. The molecule has 3 heteroatoms. The summed E-state index contributed by atoms with van der Waals surface area (Å²) in [6.45, 7) is 2.80. The molecule has 56 valence electrons. The van der Waals surface area contributed by atoms with E-state index in [1.807, 2.05) is 0 Å². The quantitative estimate of drug-likeness (QED) is 0.490. The zero-order valence-electron chi connectivity index (χ0n) is 6.25. The normalized spacial score (nSPS) is 33.5. The third-order valence-corrected chi connectivity index (χ3v) is 2.05. The van der Waals surface area contributed by atoms with E-state index in [-0.39, 0.29) is 6.04 Å². The van der Waals surface area contributed by atoms with E-state index >= 15 is 0 Å². The number of nitriles is 1. The monoisotopic (exact) mass is 139 g/mol. The van der Waals surface area contributed by atoms with Crippen LogP contribution in [-0.4, -0.2) is 23.5 Å². The highest BCUT2D eigenvalue weighted by molar-refractivity contribution is 4.88. The van der Waals surface area contributed by atoms with E-state index in [2.05, 4.69) is 13.1 Å². The van der Waals surface area contributed by atoms with Crippen LogP contribution in [0.25, 0.3) is 0 Å². The number of hydrogen-bond donors (Lipinski definition) is 1. The molecule has 2 unspecified atom stereocenters. The molecular weight excluding hydrogens is 126 g/mol. The summed E-state index contributed by atoms with van der Waals surface area (Å²) in [6, 6.07) is 0.598. The Hall–Kier alpha value is -0.750. The van der Waals surface area contributed by atoms with Crippen LogP contribution in [0, 0.1) is 11.5 Å². The van der Waals surface area contributed by atoms with Crippen LogP contribution in [0.15, 0.2) is 0 Å². The number of nitrogens with zero attached hydrogens (tertiary/aromatic N) is 2. The van der Waals surface area contributed by atoms with Crippen molar-refractivity contribution >= 4 is 0 Å². The first kappa shape index (κ1) is 7.36. The van der Waals surface area contributed by atoms with Crippen LogP contribution in [0.2, 0.25) is 0 Å². The molecule has 10 heavy (non-hydrogen) atoms. The van der Waals surface area contributed by atoms with E-state index < -0.39 is 0 Å². The molecule has 1 aliphatic heterocycles. The van der Waals surface area contributed by atoms with Gasteiger partial charge in [-0.3, -0.25) is 0 Å². The molecule has 1 aliphatic rings. The van der Waals surface area contributed by atoms with Crippen molar-refractivity contribution in [2.24, 2.45) is 5.73 Å². The predicted molar refractivity (Wildman–Crippen MR) is 39.0 cm³/mol. The molecular formula is C7H13N3. The minimum atomic E-state index is 0.204. The van der Waals surface area contributed by atoms with E-state index in [9.17, 15) is 0 Å². The molecule has 0 saturated carbocycles. The zero-order chi connectivity index (χ0) is 7.56. The van der Waals surface area contributed by atoms with Crippen LogP contribution < -0.4 is 5.73 Å². The van der Waals surface area contributed by atoms with Crippen molar-refractivity contribution in [2.75, 3.05) is 6.54 Å². The van der Waals surface area contributed by atoms with Gasteiger partial charge in [-0.05, 0) is 19.8 Å². The Morgan fingerprint density at radius 2 is 2.30 bits per heavy atom. The van der Waals surface area contributed by atoms with Crippen molar-refractivity contribution in [3.63, 3.8) is 0 Å². The van der Waals surface area contributed by atoms with Gasteiger partial charge < -0.3 is 10.6 Å². The average molecular weight is 139 g/mol. The van der Waals surface area contributed by atoms with Crippen molar-refractivity contribution in [3.05, 3.63) is 0 Å². The first-order valence-electron chi connectivity index (χ1n) is 3.66. The Kier molecular flexibility index (Phi) is 2.13. The lowest BCUT2D eigenvalue weighted by molar-refractivity contribution is 0.219. The van der Waals surface area contributed by atoms with Gasteiger partial charge >= 0.3 is 0 Å². The van der Waals surface area contributed by atoms with Gasteiger partial charge in [0.25, 0.3) is 0 Å². The highest BCUT2D eigenvalue weighted by Gasteiger charge is 2.21. The van der Waals surface area contributed by atoms with Crippen molar-refractivity contribution in [2.45, 2.75) is 31.8 Å². The molecule has 2 N–H and O–H groups in total. The summed E-state index contributed by atoms with van der Waals surface area (Å²) < 4.78 is 0. The molecule has 1 rings (SSSR count). The third kappa shape index (κ3) is 1.39. The largest absolute Gasteiger partial charge is 0.326 e. The number of nitrogens with two attached hydrogens (primary N) is 1. The maximum atomic E-state index is 8.60. The van der Waals surface area contributed by atoms with Crippen molar-refractivity contribution in [1.29, 1.82) is 5.26 Å². The van der Waals surface area contributed by atoms with Crippen LogP contribution in [0.5, 0.6) is 0 Å².